The first-order valence-corrected chi connectivity index (χ1v) is 12.6. The fraction of sp³-hybridized carbons (Fsp3) is 0.370. The summed E-state index contributed by atoms with van der Waals surface area (Å²) in [5, 5.41) is 3.21. The van der Waals surface area contributed by atoms with E-state index in [4.69, 9.17) is 16.3 Å². The summed E-state index contributed by atoms with van der Waals surface area (Å²) < 4.78 is 75.9. The monoisotopic (exact) mass is 569 g/mol. The second-order valence-corrected chi connectivity index (χ2v) is 9.84. The van der Waals surface area contributed by atoms with Crippen LogP contribution < -0.4 is 10.9 Å². The van der Waals surface area contributed by atoms with E-state index in [1.807, 2.05) is 23.2 Å². The number of alkyl halides is 3. The second-order valence-electron chi connectivity index (χ2n) is 9.41. The topological polar surface area (TPSA) is 84.1 Å². The maximum Gasteiger partial charge on any atom is 0.417 e. The van der Waals surface area contributed by atoms with Crippen molar-refractivity contribution in [1.29, 1.82) is 0 Å². The minimum atomic E-state index is -4.98. The molecule has 0 aliphatic heterocycles. The lowest BCUT2D eigenvalue weighted by atomic mass is 9.86. The van der Waals surface area contributed by atoms with Gasteiger partial charge in [-0.3, -0.25) is 9.59 Å². The number of hydrogen-bond donors (Lipinski definition) is 2. The van der Waals surface area contributed by atoms with Gasteiger partial charge in [0, 0.05) is 23.0 Å². The number of aromatic amines is 1. The summed E-state index contributed by atoms with van der Waals surface area (Å²) in [6, 6.07) is 8.88. The number of benzene rings is 2. The number of aromatic nitrogens is 2. The van der Waals surface area contributed by atoms with Gasteiger partial charge in [-0.05, 0) is 56.4 Å². The third kappa shape index (κ3) is 6.83. The summed E-state index contributed by atoms with van der Waals surface area (Å²) in [7, 11) is 0. The molecule has 0 atom stereocenters. The molecule has 1 aliphatic rings. The van der Waals surface area contributed by atoms with Gasteiger partial charge in [0.25, 0.3) is 5.56 Å². The van der Waals surface area contributed by atoms with Crippen molar-refractivity contribution in [1.82, 2.24) is 15.3 Å². The van der Waals surface area contributed by atoms with Crippen molar-refractivity contribution < 1.29 is 31.5 Å². The number of ether oxygens (including phenoxy) is 1. The quantitative estimate of drug-likeness (QED) is 0.337. The molecule has 6 nitrogen and oxygen atoms in total. The number of nitrogens with zero attached hydrogens (tertiary/aromatic N) is 1. The molecule has 12 heteroatoms. The minimum Gasteiger partial charge on any atom is -0.374 e. The lowest BCUT2D eigenvalue weighted by Gasteiger charge is -2.28. The minimum absolute atomic E-state index is 0.0308. The van der Waals surface area contributed by atoms with Crippen LogP contribution in [-0.4, -0.2) is 22.0 Å². The first-order valence-electron chi connectivity index (χ1n) is 12.2. The highest BCUT2D eigenvalue weighted by Gasteiger charge is 2.37. The Bertz CT molecular complexity index is 1420. The van der Waals surface area contributed by atoms with E-state index < -0.39 is 46.0 Å². The number of amides is 1. The molecule has 1 fully saturated rings. The summed E-state index contributed by atoms with van der Waals surface area (Å²) in [5.41, 5.74) is -3.51. The summed E-state index contributed by atoms with van der Waals surface area (Å²) in [6.45, 7) is 1.09. The number of H-pyrrole nitrogens is 1. The highest BCUT2D eigenvalue weighted by atomic mass is 35.5. The van der Waals surface area contributed by atoms with E-state index in [2.05, 4.69) is 10.3 Å². The smallest absolute Gasteiger partial charge is 0.374 e. The summed E-state index contributed by atoms with van der Waals surface area (Å²) in [6.07, 6.45) is -2.66. The Morgan fingerprint density at radius 3 is 2.49 bits per heavy atom. The predicted octanol–water partition coefficient (Wildman–Crippen LogP) is 6.09. The van der Waals surface area contributed by atoms with Crippen LogP contribution in [0.3, 0.4) is 0 Å². The molecule has 1 heterocycles. The number of halogens is 6. The molecule has 4 rings (SSSR count). The molecule has 0 radical (unpaired) electrons. The third-order valence-corrected chi connectivity index (χ3v) is 6.90. The van der Waals surface area contributed by atoms with Crippen LogP contribution in [0.15, 0.2) is 41.2 Å². The van der Waals surface area contributed by atoms with Gasteiger partial charge in [0.1, 0.15) is 11.6 Å². The van der Waals surface area contributed by atoms with Crippen LogP contribution in [0.4, 0.5) is 22.0 Å². The highest BCUT2D eigenvalue weighted by molar-refractivity contribution is 6.30. The average molecular weight is 570 g/mol. The van der Waals surface area contributed by atoms with Gasteiger partial charge in [-0.25, -0.2) is 9.37 Å². The Morgan fingerprint density at radius 1 is 1.13 bits per heavy atom. The summed E-state index contributed by atoms with van der Waals surface area (Å²) in [5.74, 6) is -4.06. The van der Waals surface area contributed by atoms with Crippen molar-refractivity contribution >= 4 is 17.5 Å². The first-order chi connectivity index (χ1) is 18.4. The normalized spacial score (nSPS) is 17.7. The van der Waals surface area contributed by atoms with Crippen molar-refractivity contribution in [3.63, 3.8) is 0 Å². The maximum atomic E-state index is 15.4. The lowest BCUT2D eigenvalue weighted by Crippen LogP contribution is -2.34. The standard InChI is InChI=1S/C27H25ClF5N3O3/c1-14-22(29)26(38)36-24(35-14)21-20(27(31,32)33)10-7-17(23(21)30)12-34-25(37)16-5-8-19(9-6-16)39-13-15-3-2-4-18(28)11-15/h2-4,7,10-11,16,19H,5-6,8-9,12-13H2,1H3,(H,34,37)(H,35,36,38)/t16-,19-. The van der Waals surface area contributed by atoms with E-state index in [0.717, 1.165) is 18.6 Å². The number of carbonyl (C=O) groups is 1. The molecule has 208 valence electrons. The van der Waals surface area contributed by atoms with Gasteiger partial charge in [0.15, 0.2) is 0 Å². The predicted molar refractivity (Wildman–Crippen MR) is 134 cm³/mol. The first kappa shape index (κ1) is 28.7. The summed E-state index contributed by atoms with van der Waals surface area (Å²) in [4.78, 5) is 30.0. The second kappa shape index (κ2) is 11.8. The van der Waals surface area contributed by atoms with Crippen molar-refractivity contribution in [2.45, 2.75) is 58.0 Å². The fourth-order valence-electron chi connectivity index (χ4n) is 4.57. The zero-order chi connectivity index (χ0) is 28.3. The largest absolute Gasteiger partial charge is 0.417 e. The molecule has 0 spiro atoms. The van der Waals surface area contributed by atoms with E-state index in [9.17, 15) is 27.2 Å². The van der Waals surface area contributed by atoms with Crippen LogP contribution in [0.1, 0.15) is 48.1 Å². The van der Waals surface area contributed by atoms with Crippen LogP contribution in [0, 0.1) is 24.5 Å². The van der Waals surface area contributed by atoms with E-state index in [1.54, 1.807) is 6.07 Å². The van der Waals surface area contributed by atoms with Gasteiger partial charge >= 0.3 is 6.18 Å². The van der Waals surface area contributed by atoms with Crippen molar-refractivity contribution in [2.75, 3.05) is 0 Å². The van der Waals surface area contributed by atoms with E-state index in [1.165, 1.54) is 0 Å². The van der Waals surface area contributed by atoms with Crippen LogP contribution in [0.2, 0.25) is 5.02 Å². The molecule has 1 amide bonds. The number of aryl methyl sites for hydroxylation is 1. The van der Waals surface area contributed by atoms with Crippen molar-refractivity contribution in [2.24, 2.45) is 5.92 Å². The van der Waals surface area contributed by atoms with E-state index in [-0.39, 0.29) is 30.0 Å². The highest BCUT2D eigenvalue weighted by Crippen LogP contribution is 2.38. The Morgan fingerprint density at radius 2 is 1.85 bits per heavy atom. The van der Waals surface area contributed by atoms with Gasteiger partial charge in [0.05, 0.1) is 29.5 Å². The SMILES string of the molecule is Cc1nc(-c2c(C(F)(F)F)ccc(CNC(=O)[C@H]3CC[C@H](OCc4cccc(Cl)c4)CC3)c2F)[nH]c(=O)c1F. The summed E-state index contributed by atoms with van der Waals surface area (Å²) >= 11 is 5.99. The molecule has 0 saturated heterocycles. The Labute approximate surface area is 225 Å². The molecule has 1 aliphatic carbocycles. The zero-order valence-electron chi connectivity index (χ0n) is 20.8. The van der Waals surface area contributed by atoms with Crippen molar-refractivity contribution in [3.05, 3.63) is 85.8 Å². The van der Waals surface area contributed by atoms with Crippen LogP contribution >= 0.6 is 11.6 Å². The van der Waals surface area contributed by atoms with E-state index >= 15 is 4.39 Å². The van der Waals surface area contributed by atoms with Crippen molar-refractivity contribution in [3.8, 4) is 11.4 Å². The lowest BCUT2D eigenvalue weighted by molar-refractivity contribution is -0.137. The molecule has 0 unspecified atom stereocenters. The van der Waals surface area contributed by atoms with E-state index in [0.29, 0.717) is 43.4 Å². The van der Waals surface area contributed by atoms with Crippen LogP contribution in [0.5, 0.6) is 0 Å². The molecule has 39 heavy (non-hydrogen) atoms. The number of hydrogen-bond acceptors (Lipinski definition) is 4. The molecule has 2 aromatic carbocycles. The fourth-order valence-corrected chi connectivity index (χ4v) is 4.79. The van der Waals surface area contributed by atoms with Gasteiger partial charge in [-0.2, -0.15) is 17.6 Å². The number of carbonyl (C=O) groups excluding carboxylic acids is 1. The number of rotatable bonds is 7. The number of nitrogens with one attached hydrogen (secondary N) is 2. The average Bonchev–Trinajstić information content (AvgIpc) is 2.89. The Hall–Kier alpha value is -3.31. The molecule has 1 aromatic heterocycles. The van der Waals surface area contributed by atoms with Gasteiger partial charge in [-0.15, -0.1) is 0 Å². The molecule has 1 saturated carbocycles. The molecular weight excluding hydrogens is 545 g/mol. The molecule has 0 bridgehead atoms. The van der Waals surface area contributed by atoms with Gasteiger partial charge in [-0.1, -0.05) is 29.8 Å². The van der Waals surface area contributed by atoms with Crippen LogP contribution in [0.25, 0.3) is 11.4 Å². The molecular formula is C27H25ClF5N3O3. The Kier molecular flexibility index (Phi) is 8.70. The Balaban J connectivity index is 1.41. The van der Waals surface area contributed by atoms with Gasteiger partial charge in [0.2, 0.25) is 11.7 Å². The zero-order valence-corrected chi connectivity index (χ0v) is 21.6. The molecule has 3 aromatic rings. The maximum absolute atomic E-state index is 15.4. The third-order valence-electron chi connectivity index (χ3n) is 6.67. The molecule has 2 N–H and O–H groups in total. The van der Waals surface area contributed by atoms with Gasteiger partial charge < -0.3 is 15.0 Å². The van der Waals surface area contributed by atoms with Crippen LogP contribution in [-0.2, 0) is 28.9 Å².